The first-order valence-corrected chi connectivity index (χ1v) is 4.45. The molecule has 0 bridgehead atoms. The maximum Gasteiger partial charge on any atom is 0.318 e. The summed E-state index contributed by atoms with van der Waals surface area (Å²) in [6, 6.07) is 2.17. The first kappa shape index (κ1) is 11.3. The van der Waals surface area contributed by atoms with E-state index < -0.39 is 18.0 Å². The highest BCUT2D eigenvalue weighted by atomic mass is 16.3. The van der Waals surface area contributed by atoms with Crippen LogP contribution in [0.4, 0.5) is 4.79 Å². The third-order valence-electron chi connectivity index (χ3n) is 1.80. The lowest BCUT2D eigenvalue weighted by molar-refractivity contribution is -0.121. The normalized spacial score (nSPS) is 12.1. The molecule has 82 valence electrons. The van der Waals surface area contributed by atoms with Crippen LogP contribution in [0, 0.1) is 0 Å². The Balaban J connectivity index is 2.32. The van der Waals surface area contributed by atoms with Gasteiger partial charge in [0.05, 0.1) is 18.8 Å². The molecule has 0 aliphatic heterocycles. The summed E-state index contributed by atoms with van der Waals surface area (Å²) in [5, 5.41) is 4.86. The van der Waals surface area contributed by atoms with Gasteiger partial charge in [-0.1, -0.05) is 0 Å². The average Bonchev–Trinajstić information content (AvgIpc) is 2.65. The van der Waals surface area contributed by atoms with Crippen LogP contribution in [0.2, 0.25) is 0 Å². The topological polar surface area (TPSA) is 97.4 Å². The highest BCUT2D eigenvalue weighted by Gasteiger charge is 2.13. The van der Waals surface area contributed by atoms with Crippen LogP contribution in [-0.4, -0.2) is 18.0 Å². The zero-order chi connectivity index (χ0) is 11.3. The standard InChI is InChI=1S/C9H13N3O3/c1-6(8(13)12-9(10)14)11-5-7-3-2-4-15-7/h2-4,6,11H,5H2,1H3,(H3,10,12,13,14). The minimum Gasteiger partial charge on any atom is -0.468 e. The van der Waals surface area contributed by atoms with Gasteiger partial charge < -0.3 is 10.2 Å². The number of hydrogen-bond acceptors (Lipinski definition) is 4. The van der Waals surface area contributed by atoms with Gasteiger partial charge in [0.25, 0.3) is 0 Å². The Morgan fingerprint density at radius 3 is 2.87 bits per heavy atom. The quantitative estimate of drug-likeness (QED) is 0.650. The molecule has 1 atom stereocenters. The van der Waals surface area contributed by atoms with E-state index in [1.165, 1.54) is 0 Å². The second kappa shape index (κ2) is 5.16. The number of urea groups is 1. The Morgan fingerprint density at radius 1 is 1.60 bits per heavy atom. The van der Waals surface area contributed by atoms with Crippen molar-refractivity contribution in [3.63, 3.8) is 0 Å². The van der Waals surface area contributed by atoms with Crippen molar-refractivity contribution in [1.29, 1.82) is 0 Å². The van der Waals surface area contributed by atoms with Gasteiger partial charge in [-0.25, -0.2) is 4.79 Å². The van der Waals surface area contributed by atoms with Crippen molar-refractivity contribution < 1.29 is 14.0 Å². The van der Waals surface area contributed by atoms with Crippen LogP contribution in [0.3, 0.4) is 0 Å². The van der Waals surface area contributed by atoms with E-state index in [-0.39, 0.29) is 0 Å². The molecule has 4 N–H and O–H groups in total. The van der Waals surface area contributed by atoms with Crippen LogP contribution in [0.25, 0.3) is 0 Å². The molecule has 0 aliphatic carbocycles. The van der Waals surface area contributed by atoms with Gasteiger partial charge in [-0.15, -0.1) is 0 Å². The molecule has 0 aromatic carbocycles. The molecule has 0 spiro atoms. The zero-order valence-corrected chi connectivity index (χ0v) is 8.32. The second-order valence-electron chi connectivity index (χ2n) is 3.04. The first-order valence-electron chi connectivity index (χ1n) is 4.45. The van der Waals surface area contributed by atoms with E-state index in [4.69, 9.17) is 10.2 Å². The van der Waals surface area contributed by atoms with Gasteiger partial charge in [0.1, 0.15) is 5.76 Å². The Bertz CT molecular complexity index is 334. The molecule has 1 aromatic heterocycles. The Labute approximate surface area is 86.8 Å². The maximum absolute atomic E-state index is 11.2. The Hall–Kier alpha value is -1.82. The van der Waals surface area contributed by atoms with Crippen LogP contribution in [-0.2, 0) is 11.3 Å². The predicted molar refractivity (Wildman–Crippen MR) is 52.7 cm³/mol. The van der Waals surface area contributed by atoms with Gasteiger partial charge in [0, 0.05) is 0 Å². The number of hydrogen-bond donors (Lipinski definition) is 3. The largest absolute Gasteiger partial charge is 0.468 e. The van der Waals surface area contributed by atoms with Crippen LogP contribution in [0.5, 0.6) is 0 Å². The fourth-order valence-electron chi connectivity index (χ4n) is 0.989. The summed E-state index contributed by atoms with van der Waals surface area (Å²) in [5.74, 6) is 0.253. The van der Waals surface area contributed by atoms with E-state index >= 15 is 0 Å². The number of carbonyl (C=O) groups excluding carboxylic acids is 2. The summed E-state index contributed by atoms with van der Waals surface area (Å²) in [5.41, 5.74) is 4.80. The predicted octanol–water partition coefficient (Wildman–Crippen LogP) is -0.0474. The van der Waals surface area contributed by atoms with Crippen molar-refractivity contribution >= 4 is 11.9 Å². The van der Waals surface area contributed by atoms with Crippen molar-refractivity contribution in [3.05, 3.63) is 24.2 Å². The van der Waals surface area contributed by atoms with Gasteiger partial charge in [-0.2, -0.15) is 0 Å². The number of carbonyl (C=O) groups is 2. The van der Waals surface area contributed by atoms with Crippen LogP contribution in [0.1, 0.15) is 12.7 Å². The lowest BCUT2D eigenvalue weighted by atomic mass is 10.3. The van der Waals surface area contributed by atoms with Crippen molar-refractivity contribution in [2.75, 3.05) is 0 Å². The summed E-state index contributed by atoms with van der Waals surface area (Å²) >= 11 is 0. The number of rotatable bonds is 4. The Morgan fingerprint density at radius 2 is 2.33 bits per heavy atom. The van der Waals surface area contributed by atoms with Gasteiger partial charge >= 0.3 is 6.03 Å². The number of amides is 3. The van der Waals surface area contributed by atoms with E-state index in [0.29, 0.717) is 12.3 Å². The van der Waals surface area contributed by atoms with Gasteiger partial charge in [0.2, 0.25) is 5.91 Å². The fourth-order valence-corrected chi connectivity index (χ4v) is 0.989. The molecular formula is C9H13N3O3. The summed E-state index contributed by atoms with van der Waals surface area (Å²) < 4.78 is 5.06. The van der Waals surface area contributed by atoms with Crippen molar-refractivity contribution in [3.8, 4) is 0 Å². The molecule has 1 unspecified atom stereocenters. The summed E-state index contributed by atoms with van der Waals surface area (Å²) in [7, 11) is 0. The second-order valence-corrected chi connectivity index (χ2v) is 3.04. The molecule has 1 heterocycles. The third-order valence-corrected chi connectivity index (χ3v) is 1.80. The minimum absolute atomic E-state index is 0.417. The van der Waals surface area contributed by atoms with Gasteiger partial charge in [0.15, 0.2) is 0 Å². The van der Waals surface area contributed by atoms with Crippen LogP contribution in [0.15, 0.2) is 22.8 Å². The van der Waals surface area contributed by atoms with Crippen LogP contribution >= 0.6 is 0 Å². The molecule has 15 heavy (non-hydrogen) atoms. The average molecular weight is 211 g/mol. The van der Waals surface area contributed by atoms with E-state index in [0.717, 1.165) is 0 Å². The molecule has 0 aliphatic rings. The minimum atomic E-state index is -0.855. The van der Waals surface area contributed by atoms with E-state index in [2.05, 4.69) is 5.32 Å². The molecule has 0 saturated carbocycles. The van der Waals surface area contributed by atoms with Gasteiger partial charge in [-0.3, -0.25) is 15.4 Å². The number of nitrogens with two attached hydrogens (primary N) is 1. The molecule has 1 rings (SSSR count). The molecule has 6 nitrogen and oxygen atoms in total. The number of primary amides is 1. The summed E-state index contributed by atoms with van der Waals surface area (Å²) in [6.45, 7) is 2.04. The third kappa shape index (κ3) is 3.82. The zero-order valence-electron chi connectivity index (χ0n) is 8.32. The van der Waals surface area contributed by atoms with Crippen LogP contribution < -0.4 is 16.4 Å². The number of imide groups is 1. The lowest BCUT2D eigenvalue weighted by Crippen LogP contribution is -2.46. The lowest BCUT2D eigenvalue weighted by Gasteiger charge is -2.10. The molecule has 0 saturated heterocycles. The summed E-state index contributed by atoms with van der Waals surface area (Å²) in [4.78, 5) is 21.6. The van der Waals surface area contributed by atoms with Crippen molar-refractivity contribution in [2.24, 2.45) is 5.73 Å². The highest BCUT2D eigenvalue weighted by molar-refractivity contribution is 5.96. The maximum atomic E-state index is 11.2. The molecule has 0 fully saturated rings. The fraction of sp³-hybridized carbons (Fsp3) is 0.333. The van der Waals surface area contributed by atoms with Crippen molar-refractivity contribution in [1.82, 2.24) is 10.6 Å². The van der Waals surface area contributed by atoms with E-state index in [1.54, 1.807) is 25.3 Å². The highest BCUT2D eigenvalue weighted by Crippen LogP contribution is 1.99. The van der Waals surface area contributed by atoms with E-state index in [9.17, 15) is 9.59 Å². The molecule has 6 heteroatoms. The smallest absolute Gasteiger partial charge is 0.318 e. The van der Waals surface area contributed by atoms with E-state index in [1.807, 2.05) is 5.32 Å². The molecule has 3 amide bonds. The number of furan rings is 1. The molecule has 0 radical (unpaired) electrons. The Kier molecular flexibility index (Phi) is 3.87. The summed E-state index contributed by atoms with van der Waals surface area (Å²) in [6.07, 6.45) is 1.55. The monoisotopic (exact) mass is 211 g/mol. The number of nitrogens with one attached hydrogen (secondary N) is 2. The molecule has 1 aromatic rings. The SMILES string of the molecule is CC(NCc1ccco1)C(=O)NC(N)=O. The first-order chi connectivity index (χ1) is 7.09. The van der Waals surface area contributed by atoms with Crippen molar-refractivity contribution in [2.45, 2.75) is 19.5 Å². The molecular weight excluding hydrogens is 198 g/mol. The van der Waals surface area contributed by atoms with Gasteiger partial charge in [-0.05, 0) is 19.1 Å².